The second kappa shape index (κ2) is 10.3. The summed E-state index contributed by atoms with van der Waals surface area (Å²) >= 11 is 6.52. The van der Waals surface area contributed by atoms with Crippen molar-refractivity contribution >= 4 is 22.4 Å². The Hall–Kier alpha value is -1.42. The van der Waals surface area contributed by atoms with E-state index >= 15 is 0 Å². The van der Waals surface area contributed by atoms with E-state index in [9.17, 15) is 4.79 Å². The van der Waals surface area contributed by atoms with Crippen molar-refractivity contribution < 1.29 is 14.6 Å². The summed E-state index contributed by atoms with van der Waals surface area (Å²) in [5.41, 5.74) is 5.74. The molecule has 1 aromatic rings. The lowest BCUT2D eigenvalue weighted by molar-refractivity contribution is -0.282. The average Bonchev–Trinajstić information content (AvgIpc) is 3.34. The molecule has 0 bridgehead atoms. The van der Waals surface area contributed by atoms with E-state index in [4.69, 9.17) is 21.4 Å². The van der Waals surface area contributed by atoms with E-state index in [1.54, 1.807) is 7.11 Å². The summed E-state index contributed by atoms with van der Waals surface area (Å²) in [5, 5.41) is -0.0628. The van der Waals surface area contributed by atoms with Gasteiger partial charge < -0.3 is 0 Å². The number of allylic oxidation sites excluding steroid dienone is 3. The minimum Gasteiger partial charge on any atom is -0.281 e. The molecule has 0 radical (unpaired) electrons. The quantitative estimate of drug-likeness (QED) is 0.143. The van der Waals surface area contributed by atoms with Crippen molar-refractivity contribution in [3.05, 3.63) is 53.6 Å². The van der Waals surface area contributed by atoms with E-state index in [2.05, 4.69) is 78.5 Å². The monoisotopic (exact) mass is 592 g/mol. The molecule has 3 nitrogen and oxygen atoms in total. The van der Waals surface area contributed by atoms with Gasteiger partial charge in [-0.3, -0.25) is 4.79 Å². The van der Waals surface area contributed by atoms with Crippen LogP contribution < -0.4 is 0 Å². The van der Waals surface area contributed by atoms with E-state index < -0.39 is 0 Å². The molecule has 0 heterocycles. The first-order valence-electron chi connectivity index (χ1n) is 16.6. The van der Waals surface area contributed by atoms with E-state index in [1.165, 1.54) is 42.4 Å². The van der Waals surface area contributed by atoms with Crippen LogP contribution in [0.4, 0.5) is 0 Å². The highest BCUT2D eigenvalue weighted by Gasteiger charge is 2.71. The molecule has 0 unspecified atom stereocenters. The zero-order valence-electron chi connectivity index (χ0n) is 27.2. The Morgan fingerprint density at radius 1 is 0.929 bits per heavy atom. The highest BCUT2D eigenvalue weighted by Crippen LogP contribution is 2.77. The van der Waals surface area contributed by atoms with Gasteiger partial charge in [0.15, 0.2) is 0 Å². The maximum Gasteiger partial charge on any atom is 0.228 e. The molecule has 9 atom stereocenters. The molecule has 0 aromatic heterocycles. The number of carbonyl (C=O) groups excluding carboxylic acids is 1. The zero-order chi connectivity index (χ0) is 30.3. The fraction of sp³-hybridized carbons (Fsp3) is 0.711. The van der Waals surface area contributed by atoms with Gasteiger partial charge in [0.05, 0.1) is 7.11 Å². The van der Waals surface area contributed by atoms with E-state index in [0.717, 1.165) is 37.7 Å². The van der Waals surface area contributed by atoms with Gasteiger partial charge in [-0.2, -0.15) is 0 Å². The lowest BCUT2D eigenvalue weighted by Gasteiger charge is -2.72. The molecule has 230 valence electrons. The van der Waals surface area contributed by atoms with Crippen molar-refractivity contribution in [2.24, 2.45) is 56.7 Å². The highest BCUT2D eigenvalue weighted by atomic mass is 35.5. The highest BCUT2D eigenvalue weighted by molar-refractivity contribution is 6.64. The molecule has 6 rings (SSSR count). The maximum absolute atomic E-state index is 13.2. The van der Waals surface area contributed by atoms with Crippen LogP contribution in [-0.2, 0) is 21.2 Å². The fourth-order valence-corrected chi connectivity index (χ4v) is 12.8. The molecule has 42 heavy (non-hydrogen) atoms. The largest absolute Gasteiger partial charge is 0.281 e. The molecule has 5 aliphatic carbocycles. The number of hydrogen-bond acceptors (Lipinski definition) is 3. The fourth-order valence-electron chi connectivity index (χ4n) is 12.5. The van der Waals surface area contributed by atoms with Crippen LogP contribution in [0, 0.1) is 56.7 Å². The Kier molecular flexibility index (Phi) is 7.51. The Bertz CT molecular complexity index is 1280. The Balaban J connectivity index is 1.34. The normalized spacial score (nSPS) is 43.8. The topological polar surface area (TPSA) is 35.5 Å². The summed E-state index contributed by atoms with van der Waals surface area (Å²) in [6.45, 7) is 20.1. The van der Waals surface area contributed by atoms with Crippen molar-refractivity contribution in [2.45, 2.75) is 106 Å². The van der Waals surface area contributed by atoms with Gasteiger partial charge in [0.1, 0.15) is 6.61 Å². The van der Waals surface area contributed by atoms with Gasteiger partial charge in [0, 0.05) is 5.41 Å². The van der Waals surface area contributed by atoms with Crippen LogP contribution in [0.2, 0.25) is 0 Å². The van der Waals surface area contributed by atoms with Gasteiger partial charge in [-0.25, -0.2) is 9.78 Å². The van der Waals surface area contributed by atoms with Gasteiger partial charge in [-0.05, 0) is 144 Å². The molecule has 0 N–H and O–H groups in total. The summed E-state index contributed by atoms with van der Waals surface area (Å²) in [5.74, 6) is 2.65. The number of fused-ring (bicyclic) bond motifs is 7. The summed E-state index contributed by atoms with van der Waals surface area (Å²) in [6.07, 6.45) is 12.9. The molecule has 4 heteroatoms. The molecule has 0 saturated heterocycles. The smallest absolute Gasteiger partial charge is 0.228 e. The number of rotatable bonds is 6. The molecular weight excluding hydrogens is 540 g/mol. The lowest BCUT2D eigenvalue weighted by Crippen LogP contribution is -2.65. The predicted octanol–water partition coefficient (Wildman–Crippen LogP) is 10.2. The third-order valence-electron chi connectivity index (χ3n) is 14.6. The molecule has 0 aliphatic heterocycles. The Morgan fingerprint density at radius 3 is 2.29 bits per heavy atom. The average molecular weight is 593 g/mol. The Morgan fingerprint density at radius 2 is 1.64 bits per heavy atom. The molecular formula is C38H53ClO3. The van der Waals surface area contributed by atoms with E-state index in [-0.39, 0.29) is 32.3 Å². The molecule has 0 spiro atoms. The van der Waals surface area contributed by atoms with Crippen LogP contribution in [0.3, 0.4) is 0 Å². The molecule has 4 saturated carbocycles. The Labute approximate surface area is 259 Å². The first-order valence-corrected chi connectivity index (χ1v) is 16.9. The van der Waals surface area contributed by atoms with Crippen molar-refractivity contribution in [3.8, 4) is 0 Å². The molecule has 1 aromatic carbocycles. The van der Waals surface area contributed by atoms with E-state index in [0.29, 0.717) is 36.2 Å². The number of halogens is 1. The first kappa shape index (κ1) is 30.6. The third kappa shape index (κ3) is 4.08. The first-order chi connectivity index (χ1) is 19.8. The maximum atomic E-state index is 13.2. The number of benzene rings is 1. The van der Waals surface area contributed by atoms with Crippen LogP contribution in [0.5, 0.6) is 0 Å². The summed E-state index contributed by atoms with van der Waals surface area (Å²) < 4.78 is 0. The third-order valence-corrected chi connectivity index (χ3v) is 15.0. The minimum atomic E-state index is -0.338. The van der Waals surface area contributed by atoms with Crippen molar-refractivity contribution in [3.63, 3.8) is 0 Å². The molecule has 0 amide bonds. The van der Waals surface area contributed by atoms with Crippen LogP contribution in [0.15, 0.2) is 42.5 Å². The van der Waals surface area contributed by atoms with Crippen LogP contribution in [0.1, 0.15) is 110 Å². The second-order valence-corrected chi connectivity index (χ2v) is 16.6. The van der Waals surface area contributed by atoms with Crippen LogP contribution >= 0.6 is 11.6 Å². The predicted molar refractivity (Wildman–Crippen MR) is 171 cm³/mol. The second-order valence-electron chi connectivity index (χ2n) is 16.3. The summed E-state index contributed by atoms with van der Waals surface area (Å²) in [7, 11) is 1.55. The minimum absolute atomic E-state index is 0.0628. The standard InChI is InChI=1S/C38H53ClO3/c1-24(2)27-15-20-38(33(39)40)22-21-36(6)29(32(27)38)13-14-31-35(5)18-16-28(26-11-9-25(10-12-26)23-42-41-8)34(3,4)30(35)17-19-37(31,36)7/h9-12,16,27,29-32H,1,13-15,17-23H2,2-8H3/t27-,29+,30-,31+,32+,35-,36+,37+,38-/m0/s1. The zero-order valence-corrected chi connectivity index (χ0v) is 27.9. The van der Waals surface area contributed by atoms with E-state index in [1.807, 2.05) is 0 Å². The van der Waals surface area contributed by atoms with Gasteiger partial charge >= 0.3 is 0 Å². The van der Waals surface area contributed by atoms with Gasteiger partial charge in [0.25, 0.3) is 0 Å². The molecule has 5 aliphatic rings. The van der Waals surface area contributed by atoms with Gasteiger partial charge in [-0.1, -0.05) is 77.1 Å². The van der Waals surface area contributed by atoms with Crippen molar-refractivity contribution in [2.75, 3.05) is 7.11 Å². The number of carbonyl (C=O) groups is 1. The van der Waals surface area contributed by atoms with Crippen molar-refractivity contribution in [1.82, 2.24) is 0 Å². The SMILES string of the molecule is C=C(C)[C@@H]1CC[C@]2(C(=O)Cl)CC[C@]3(C)[C@H](CC[C@@H]4[C@@]5(C)CC=C(c6ccc(COOC)cc6)C(C)(C)[C@@H]5CC[C@]43C)[C@@H]12. The number of hydrogen-bond donors (Lipinski definition) is 0. The van der Waals surface area contributed by atoms with Gasteiger partial charge in [-0.15, -0.1) is 0 Å². The lowest BCUT2D eigenvalue weighted by atomic mass is 9.32. The van der Waals surface area contributed by atoms with Crippen LogP contribution in [-0.4, -0.2) is 12.4 Å². The van der Waals surface area contributed by atoms with Crippen LogP contribution in [0.25, 0.3) is 5.57 Å². The summed E-state index contributed by atoms with van der Waals surface area (Å²) in [4.78, 5) is 23.1. The van der Waals surface area contributed by atoms with Crippen molar-refractivity contribution in [1.29, 1.82) is 0 Å². The molecule has 4 fully saturated rings. The summed E-state index contributed by atoms with van der Waals surface area (Å²) in [6, 6.07) is 8.90. The van der Waals surface area contributed by atoms with Gasteiger partial charge in [0.2, 0.25) is 5.24 Å².